The van der Waals surface area contributed by atoms with Crippen molar-refractivity contribution in [2.75, 3.05) is 6.61 Å². The van der Waals surface area contributed by atoms with Gasteiger partial charge in [0, 0.05) is 11.8 Å². The topological polar surface area (TPSA) is 59.4 Å². The molecule has 2 rings (SSSR count). The SMILES string of the molecule is CCOC(=O)c1cccc(-c2cc([C@@H](O)C(F)(F)F)ccn2)c1. The molecule has 0 aliphatic rings. The standard InChI is InChI=1S/C16H14F3NO3/c1-2-23-15(22)12-5-3-4-10(8-12)13-9-11(6-7-20-13)14(21)16(17,18)19/h3-9,14,21H,2H2,1H3/t14-/m1/s1. The minimum Gasteiger partial charge on any atom is -0.462 e. The predicted molar refractivity (Wildman–Crippen MR) is 76.6 cm³/mol. The van der Waals surface area contributed by atoms with Crippen LogP contribution in [0.2, 0.25) is 0 Å². The van der Waals surface area contributed by atoms with Gasteiger partial charge in [-0.3, -0.25) is 4.98 Å². The first-order chi connectivity index (χ1) is 10.8. The van der Waals surface area contributed by atoms with Gasteiger partial charge >= 0.3 is 12.1 Å². The van der Waals surface area contributed by atoms with Gasteiger partial charge < -0.3 is 9.84 Å². The Kier molecular flexibility index (Phi) is 5.00. The van der Waals surface area contributed by atoms with Crippen LogP contribution in [0.15, 0.2) is 42.6 Å². The van der Waals surface area contributed by atoms with Crippen molar-refractivity contribution in [3.8, 4) is 11.3 Å². The van der Waals surface area contributed by atoms with Crippen LogP contribution >= 0.6 is 0 Å². The van der Waals surface area contributed by atoms with Gasteiger partial charge in [-0.25, -0.2) is 4.79 Å². The summed E-state index contributed by atoms with van der Waals surface area (Å²) >= 11 is 0. The summed E-state index contributed by atoms with van der Waals surface area (Å²) in [6.45, 7) is 1.89. The Bertz CT molecular complexity index is 701. The Labute approximate surface area is 130 Å². The lowest BCUT2D eigenvalue weighted by molar-refractivity contribution is -0.206. The molecule has 2 aromatic rings. The molecule has 0 saturated heterocycles. The molecule has 1 aromatic carbocycles. The molecule has 1 atom stereocenters. The van der Waals surface area contributed by atoms with E-state index in [2.05, 4.69) is 4.98 Å². The first-order valence-corrected chi connectivity index (χ1v) is 6.81. The molecule has 1 heterocycles. The number of esters is 1. The Balaban J connectivity index is 2.36. The van der Waals surface area contributed by atoms with Crippen LogP contribution < -0.4 is 0 Å². The maximum atomic E-state index is 12.6. The summed E-state index contributed by atoms with van der Waals surface area (Å²) in [5, 5.41) is 9.31. The first kappa shape index (κ1) is 17.0. The third kappa shape index (κ3) is 4.07. The number of benzene rings is 1. The number of ether oxygens (including phenoxy) is 1. The lowest BCUT2D eigenvalue weighted by atomic mass is 10.0. The molecule has 7 heteroatoms. The zero-order chi connectivity index (χ0) is 17.0. The molecule has 0 unspecified atom stereocenters. The van der Waals surface area contributed by atoms with Crippen molar-refractivity contribution in [1.29, 1.82) is 0 Å². The average Bonchev–Trinajstić information content (AvgIpc) is 2.54. The molecule has 0 aliphatic carbocycles. The number of carbonyl (C=O) groups excluding carboxylic acids is 1. The van der Waals surface area contributed by atoms with E-state index in [4.69, 9.17) is 4.74 Å². The molecule has 1 aromatic heterocycles. The van der Waals surface area contributed by atoms with Gasteiger partial charge in [-0.1, -0.05) is 12.1 Å². The lowest BCUT2D eigenvalue weighted by Gasteiger charge is -2.15. The van der Waals surface area contributed by atoms with Crippen LogP contribution in [-0.4, -0.2) is 28.8 Å². The number of alkyl halides is 3. The highest BCUT2D eigenvalue weighted by Crippen LogP contribution is 2.33. The number of halogens is 3. The van der Waals surface area contributed by atoms with Gasteiger partial charge in [-0.05, 0) is 36.8 Å². The summed E-state index contributed by atoms with van der Waals surface area (Å²) in [5.41, 5.74) is 0.626. The van der Waals surface area contributed by atoms with Crippen LogP contribution in [0, 0.1) is 0 Å². The molecule has 23 heavy (non-hydrogen) atoms. The second-order valence-corrected chi connectivity index (χ2v) is 4.72. The van der Waals surface area contributed by atoms with Crippen molar-refractivity contribution in [2.45, 2.75) is 19.2 Å². The van der Waals surface area contributed by atoms with Gasteiger partial charge in [0.15, 0.2) is 6.10 Å². The molecule has 4 nitrogen and oxygen atoms in total. The Morgan fingerprint density at radius 1 is 1.30 bits per heavy atom. The van der Waals surface area contributed by atoms with E-state index in [1.807, 2.05) is 0 Å². The normalized spacial score (nSPS) is 12.7. The summed E-state index contributed by atoms with van der Waals surface area (Å²) in [7, 11) is 0. The third-order valence-electron chi connectivity index (χ3n) is 3.08. The van der Waals surface area contributed by atoms with E-state index in [1.165, 1.54) is 18.3 Å². The summed E-state index contributed by atoms with van der Waals surface area (Å²) in [4.78, 5) is 15.7. The number of hydrogen-bond donors (Lipinski definition) is 1. The maximum Gasteiger partial charge on any atom is 0.418 e. The fraction of sp³-hybridized carbons (Fsp3) is 0.250. The monoisotopic (exact) mass is 325 g/mol. The highest BCUT2D eigenvalue weighted by molar-refractivity contribution is 5.90. The lowest BCUT2D eigenvalue weighted by Crippen LogP contribution is -2.20. The van der Waals surface area contributed by atoms with Crippen LogP contribution in [0.3, 0.4) is 0 Å². The van der Waals surface area contributed by atoms with E-state index in [0.29, 0.717) is 5.56 Å². The van der Waals surface area contributed by atoms with Crippen LogP contribution in [0.25, 0.3) is 11.3 Å². The minimum atomic E-state index is -4.76. The minimum absolute atomic E-state index is 0.217. The Hall–Kier alpha value is -2.41. The zero-order valence-electron chi connectivity index (χ0n) is 12.2. The highest BCUT2D eigenvalue weighted by atomic mass is 19.4. The molecular weight excluding hydrogens is 311 g/mol. The second-order valence-electron chi connectivity index (χ2n) is 4.72. The molecular formula is C16H14F3NO3. The zero-order valence-corrected chi connectivity index (χ0v) is 12.2. The van der Waals surface area contributed by atoms with Gasteiger partial charge in [-0.2, -0.15) is 13.2 Å². The number of hydrogen-bond acceptors (Lipinski definition) is 4. The molecule has 0 bridgehead atoms. The van der Waals surface area contributed by atoms with E-state index in [0.717, 1.165) is 12.1 Å². The second kappa shape index (κ2) is 6.78. The fourth-order valence-corrected chi connectivity index (χ4v) is 1.98. The Morgan fingerprint density at radius 2 is 2.04 bits per heavy atom. The maximum absolute atomic E-state index is 12.6. The molecule has 0 amide bonds. The number of aromatic nitrogens is 1. The van der Waals surface area contributed by atoms with Gasteiger partial charge in [0.1, 0.15) is 0 Å². The van der Waals surface area contributed by atoms with E-state index >= 15 is 0 Å². The van der Waals surface area contributed by atoms with Crippen molar-refractivity contribution in [1.82, 2.24) is 4.98 Å². The Morgan fingerprint density at radius 3 is 2.70 bits per heavy atom. The van der Waals surface area contributed by atoms with E-state index in [1.54, 1.807) is 19.1 Å². The van der Waals surface area contributed by atoms with Gasteiger partial charge in [0.2, 0.25) is 0 Å². The van der Waals surface area contributed by atoms with Gasteiger partial charge in [0.05, 0.1) is 17.9 Å². The van der Waals surface area contributed by atoms with E-state index in [9.17, 15) is 23.1 Å². The average molecular weight is 325 g/mol. The number of nitrogens with zero attached hydrogens (tertiary/aromatic N) is 1. The number of rotatable bonds is 4. The smallest absolute Gasteiger partial charge is 0.418 e. The predicted octanol–water partition coefficient (Wildman–Crippen LogP) is 3.52. The molecule has 0 fully saturated rings. The quantitative estimate of drug-likeness (QED) is 0.874. The highest BCUT2D eigenvalue weighted by Gasteiger charge is 2.39. The van der Waals surface area contributed by atoms with E-state index < -0.39 is 18.2 Å². The van der Waals surface area contributed by atoms with Crippen molar-refractivity contribution >= 4 is 5.97 Å². The number of aliphatic hydroxyl groups excluding tert-OH is 1. The van der Waals surface area contributed by atoms with Gasteiger partial charge in [0.25, 0.3) is 0 Å². The fourth-order valence-electron chi connectivity index (χ4n) is 1.98. The molecule has 0 spiro atoms. The molecule has 122 valence electrons. The number of aliphatic hydroxyl groups is 1. The summed E-state index contributed by atoms with van der Waals surface area (Å²) in [6, 6.07) is 8.43. The molecule has 0 saturated carbocycles. The largest absolute Gasteiger partial charge is 0.462 e. The van der Waals surface area contributed by atoms with Crippen molar-refractivity contribution < 1.29 is 27.8 Å². The van der Waals surface area contributed by atoms with Crippen LogP contribution in [0.1, 0.15) is 28.9 Å². The van der Waals surface area contributed by atoms with Gasteiger partial charge in [-0.15, -0.1) is 0 Å². The van der Waals surface area contributed by atoms with Crippen LogP contribution in [0.5, 0.6) is 0 Å². The number of carbonyl (C=O) groups is 1. The summed E-state index contributed by atoms with van der Waals surface area (Å²) in [6.07, 6.45) is -6.17. The first-order valence-electron chi connectivity index (χ1n) is 6.81. The van der Waals surface area contributed by atoms with Crippen molar-refractivity contribution in [3.05, 3.63) is 53.7 Å². The van der Waals surface area contributed by atoms with Crippen molar-refractivity contribution in [2.24, 2.45) is 0 Å². The molecule has 1 N–H and O–H groups in total. The molecule has 0 radical (unpaired) electrons. The van der Waals surface area contributed by atoms with Crippen LogP contribution in [-0.2, 0) is 4.74 Å². The third-order valence-corrected chi connectivity index (χ3v) is 3.08. The summed E-state index contributed by atoms with van der Waals surface area (Å²) in [5.74, 6) is -0.527. The van der Waals surface area contributed by atoms with E-state index in [-0.39, 0.29) is 23.4 Å². The molecule has 0 aliphatic heterocycles. The number of pyridine rings is 1. The summed E-state index contributed by atoms with van der Waals surface area (Å²) < 4.78 is 42.7. The van der Waals surface area contributed by atoms with Crippen LogP contribution in [0.4, 0.5) is 13.2 Å². The van der Waals surface area contributed by atoms with Crippen molar-refractivity contribution in [3.63, 3.8) is 0 Å².